The van der Waals surface area contributed by atoms with Crippen LogP contribution in [0, 0.1) is 0 Å². The molecule has 0 bridgehead atoms. The van der Waals surface area contributed by atoms with Gasteiger partial charge < -0.3 is 16.0 Å². The summed E-state index contributed by atoms with van der Waals surface area (Å²) >= 11 is 0. The Hall–Kier alpha value is -1.14. The van der Waals surface area contributed by atoms with Crippen molar-refractivity contribution in [2.45, 2.75) is 18.9 Å². The number of hydrogen-bond acceptors (Lipinski definition) is 4. The molecule has 2 fully saturated rings. The molecule has 6 nitrogen and oxygen atoms in total. The molecule has 6 heteroatoms. The Balaban J connectivity index is 1.94. The number of rotatable bonds is 3. The Morgan fingerprint density at radius 3 is 2.59 bits per heavy atom. The lowest BCUT2D eigenvalue weighted by Gasteiger charge is -2.32. The van der Waals surface area contributed by atoms with Gasteiger partial charge >= 0.3 is 0 Å². The summed E-state index contributed by atoms with van der Waals surface area (Å²) < 4.78 is 0. The molecule has 1 atom stereocenters. The Morgan fingerprint density at radius 1 is 1.24 bits per heavy atom. The van der Waals surface area contributed by atoms with Gasteiger partial charge in [0.15, 0.2) is 0 Å². The molecule has 3 N–H and O–H groups in total. The molecule has 2 aliphatic heterocycles. The highest BCUT2D eigenvalue weighted by Gasteiger charge is 2.34. The fourth-order valence-electron chi connectivity index (χ4n) is 2.59. The van der Waals surface area contributed by atoms with Gasteiger partial charge in [-0.1, -0.05) is 0 Å². The van der Waals surface area contributed by atoms with E-state index in [4.69, 9.17) is 5.73 Å². The quantitative estimate of drug-likeness (QED) is 0.621. The van der Waals surface area contributed by atoms with E-state index in [0.29, 0.717) is 0 Å². The third-order valence-corrected chi connectivity index (χ3v) is 3.44. The minimum absolute atomic E-state index is 0.138. The van der Waals surface area contributed by atoms with Crippen molar-refractivity contribution in [3.05, 3.63) is 0 Å². The Labute approximate surface area is 101 Å². The molecule has 0 saturated carbocycles. The molecule has 1 unspecified atom stereocenters. The summed E-state index contributed by atoms with van der Waals surface area (Å²) in [6.45, 7) is 4.23. The van der Waals surface area contributed by atoms with Gasteiger partial charge in [0.1, 0.15) is 0 Å². The van der Waals surface area contributed by atoms with Gasteiger partial charge in [-0.15, -0.1) is 0 Å². The highest BCUT2D eigenvalue weighted by atomic mass is 16.2. The number of nitrogens with zero attached hydrogens (tertiary/aromatic N) is 2. The number of carbonyl (C=O) groups excluding carboxylic acids is 2. The molecule has 0 aliphatic carbocycles. The van der Waals surface area contributed by atoms with E-state index in [2.05, 4.69) is 5.32 Å². The topological polar surface area (TPSA) is 78.7 Å². The van der Waals surface area contributed by atoms with Crippen molar-refractivity contribution in [2.24, 2.45) is 5.73 Å². The van der Waals surface area contributed by atoms with Gasteiger partial charge in [0.05, 0.1) is 12.6 Å². The summed E-state index contributed by atoms with van der Waals surface area (Å²) in [7, 11) is 0. The minimum atomic E-state index is -0.356. The summed E-state index contributed by atoms with van der Waals surface area (Å²) in [5.74, 6) is -0.199. The van der Waals surface area contributed by atoms with E-state index in [1.807, 2.05) is 9.80 Å². The van der Waals surface area contributed by atoms with E-state index in [-0.39, 0.29) is 24.4 Å². The maximum Gasteiger partial charge on any atom is 0.240 e. The fourth-order valence-corrected chi connectivity index (χ4v) is 2.59. The van der Waals surface area contributed by atoms with Gasteiger partial charge in [-0.25, -0.2) is 0 Å². The van der Waals surface area contributed by atoms with E-state index in [0.717, 1.165) is 45.6 Å². The first-order valence-corrected chi connectivity index (χ1v) is 6.20. The molecule has 2 aliphatic rings. The van der Waals surface area contributed by atoms with Crippen LogP contribution in [0.2, 0.25) is 0 Å². The second-order valence-corrected chi connectivity index (χ2v) is 4.67. The predicted octanol–water partition coefficient (Wildman–Crippen LogP) is -1.63. The number of likely N-dealkylation sites (tertiary alicyclic amines) is 1. The molecule has 0 aromatic rings. The molecule has 2 heterocycles. The number of nitrogens with one attached hydrogen (secondary N) is 1. The molecule has 96 valence electrons. The SMILES string of the molecule is NC(=O)CN1CCCC1C(=O)N1CCNCC1. The van der Waals surface area contributed by atoms with Gasteiger partial charge in [-0.2, -0.15) is 0 Å². The molecule has 0 aromatic carbocycles. The molecule has 0 radical (unpaired) electrons. The van der Waals surface area contributed by atoms with E-state index >= 15 is 0 Å². The molecule has 0 aromatic heterocycles. The second kappa shape index (κ2) is 5.46. The molecule has 2 saturated heterocycles. The van der Waals surface area contributed by atoms with Crippen LogP contribution in [0.15, 0.2) is 0 Å². The zero-order valence-electron chi connectivity index (χ0n) is 10.0. The number of primary amides is 1. The van der Waals surface area contributed by atoms with Crippen LogP contribution in [0.1, 0.15) is 12.8 Å². The summed E-state index contributed by atoms with van der Waals surface area (Å²) in [4.78, 5) is 27.0. The minimum Gasteiger partial charge on any atom is -0.369 e. The van der Waals surface area contributed by atoms with Crippen LogP contribution in [0.3, 0.4) is 0 Å². The second-order valence-electron chi connectivity index (χ2n) is 4.67. The van der Waals surface area contributed by atoms with E-state index in [9.17, 15) is 9.59 Å². The molecule has 17 heavy (non-hydrogen) atoms. The monoisotopic (exact) mass is 240 g/mol. The van der Waals surface area contributed by atoms with Crippen molar-refractivity contribution in [1.82, 2.24) is 15.1 Å². The van der Waals surface area contributed by atoms with Crippen LogP contribution >= 0.6 is 0 Å². The number of nitrogens with two attached hydrogens (primary N) is 1. The zero-order valence-corrected chi connectivity index (χ0v) is 10.0. The van der Waals surface area contributed by atoms with Crippen molar-refractivity contribution in [1.29, 1.82) is 0 Å². The normalized spacial score (nSPS) is 26.1. The van der Waals surface area contributed by atoms with Gasteiger partial charge in [0.25, 0.3) is 0 Å². The smallest absolute Gasteiger partial charge is 0.240 e. The number of piperazine rings is 1. The zero-order chi connectivity index (χ0) is 12.3. The molecular formula is C11H20N4O2. The van der Waals surface area contributed by atoms with Crippen molar-refractivity contribution in [2.75, 3.05) is 39.3 Å². The standard InChI is InChI=1S/C11H20N4O2/c12-10(16)8-15-5-1-2-9(15)11(17)14-6-3-13-4-7-14/h9,13H,1-8H2,(H2,12,16). The van der Waals surface area contributed by atoms with E-state index in [1.165, 1.54) is 0 Å². The van der Waals surface area contributed by atoms with E-state index < -0.39 is 0 Å². The van der Waals surface area contributed by atoms with Gasteiger partial charge in [-0.3, -0.25) is 14.5 Å². The Bertz CT molecular complexity index is 302. The molecular weight excluding hydrogens is 220 g/mol. The van der Waals surface area contributed by atoms with Gasteiger partial charge in [-0.05, 0) is 19.4 Å². The molecule has 2 rings (SSSR count). The first-order chi connectivity index (χ1) is 8.18. The van der Waals surface area contributed by atoms with E-state index in [1.54, 1.807) is 0 Å². The van der Waals surface area contributed by atoms with Crippen LogP contribution in [0.4, 0.5) is 0 Å². The highest BCUT2D eigenvalue weighted by molar-refractivity contribution is 5.83. The predicted molar refractivity (Wildman–Crippen MR) is 63.2 cm³/mol. The number of hydrogen-bond donors (Lipinski definition) is 2. The van der Waals surface area contributed by atoms with Crippen LogP contribution < -0.4 is 11.1 Å². The molecule has 0 spiro atoms. The van der Waals surface area contributed by atoms with Gasteiger partial charge in [0.2, 0.25) is 11.8 Å². The Morgan fingerprint density at radius 2 is 1.94 bits per heavy atom. The Kier molecular flexibility index (Phi) is 3.96. The summed E-state index contributed by atoms with van der Waals surface area (Å²) in [6.07, 6.45) is 1.81. The lowest BCUT2D eigenvalue weighted by Crippen LogP contribution is -2.53. The largest absolute Gasteiger partial charge is 0.369 e. The summed E-state index contributed by atoms with van der Waals surface area (Å²) in [5, 5.41) is 3.22. The van der Waals surface area contributed by atoms with Crippen molar-refractivity contribution in [3.63, 3.8) is 0 Å². The third kappa shape index (κ3) is 2.95. The molecule has 2 amide bonds. The first kappa shape index (κ1) is 12.3. The number of amides is 2. The van der Waals surface area contributed by atoms with Crippen molar-refractivity contribution in [3.8, 4) is 0 Å². The maximum atomic E-state index is 12.3. The van der Waals surface area contributed by atoms with Crippen LogP contribution in [-0.4, -0.2) is 66.9 Å². The number of carbonyl (C=O) groups is 2. The first-order valence-electron chi connectivity index (χ1n) is 6.20. The summed E-state index contributed by atoms with van der Waals surface area (Å²) in [6, 6.07) is -0.138. The average molecular weight is 240 g/mol. The summed E-state index contributed by atoms with van der Waals surface area (Å²) in [5.41, 5.74) is 5.20. The van der Waals surface area contributed by atoms with Crippen LogP contribution in [0.25, 0.3) is 0 Å². The van der Waals surface area contributed by atoms with Crippen LogP contribution in [-0.2, 0) is 9.59 Å². The highest BCUT2D eigenvalue weighted by Crippen LogP contribution is 2.19. The third-order valence-electron chi connectivity index (χ3n) is 3.44. The lowest BCUT2D eigenvalue weighted by atomic mass is 10.1. The average Bonchev–Trinajstić information content (AvgIpc) is 2.76. The fraction of sp³-hybridized carbons (Fsp3) is 0.818. The van der Waals surface area contributed by atoms with Crippen molar-refractivity contribution < 1.29 is 9.59 Å². The lowest BCUT2D eigenvalue weighted by molar-refractivity contribution is -0.137. The van der Waals surface area contributed by atoms with Crippen LogP contribution in [0.5, 0.6) is 0 Å². The maximum absolute atomic E-state index is 12.3. The van der Waals surface area contributed by atoms with Gasteiger partial charge in [0, 0.05) is 26.2 Å². The van der Waals surface area contributed by atoms with Crippen molar-refractivity contribution >= 4 is 11.8 Å².